The van der Waals surface area contributed by atoms with Crippen LogP contribution in [0.4, 0.5) is 0 Å². The largest absolute Gasteiger partial charge is 0.321 e. The fourth-order valence-corrected chi connectivity index (χ4v) is 2.53. The summed E-state index contributed by atoms with van der Waals surface area (Å²) in [6, 6.07) is 6.68. The Morgan fingerprint density at radius 3 is 2.25 bits per heavy atom. The Morgan fingerprint density at radius 1 is 1.10 bits per heavy atom. The number of amides is 1. The van der Waals surface area contributed by atoms with Crippen molar-refractivity contribution in [2.75, 3.05) is 0 Å². The molecule has 1 aliphatic carbocycles. The van der Waals surface area contributed by atoms with Crippen molar-refractivity contribution < 1.29 is 14.4 Å². The minimum absolute atomic E-state index is 0.00826. The van der Waals surface area contributed by atoms with Crippen molar-refractivity contribution in [3.8, 4) is 0 Å². The Morgan fingerprint density at radius 2 is 1.70 bits per heavy atom. The summed E-state index contributed by atoms with van der Waals surface area (Å²) >= 11 is 4.00. The van der Waals surface area contributed by atoms with Crippen LogP contribution in [0.2, 0.25) is 0 Å². The number of hydrogen-bond acceptors (Lipinski definition) is 6. The van der Waals surface area contributed by atoms with Crippen LogP contribution >= 0.6 is 12.6 Å². The zero-order chi connectivity index (χ0) is 14.3. The predicted octanol–water partition coefficient (Wildman–Crippen LogP) is 0.361. The molecule has 2 aliphatic rings. The zero-order valence-corrected chi connectivity index (χ0v) is 11.2. The molecular formula is C13H11N3O3S. The van der Waals surface area contributed by atoms with Crippen LogP contribution in [0.25, 0.3) is 0 Å². The molecule has 0 radical (unpaired) electrons. The summed E-state index contributed by atoms with van der Waals surface area (Å²) < 4.78 is 0. The summed E-state index contributed by atoms with van der Waals surface area (Å²) in [6.45, 7) is 0. The first kappa shape index (κ1) is 12.9. The summed E-state index contributed by atoms with van der Waals surface area (Å²) in [7, 11) is 0. The third kappa shape index (κ3) is 2.00. The van der Waals surface area contributed by atoms with Gasteiger partial charge in [-0.3, -0.25) is 19.8 Å². The van der Waals surface area contributed by atoms with E-state index in [-0.39, 0.29) is 23.7 Å². The molecule has 1 amide bonds. The number of thiol groups is 1. The second kappa shape index (κ2) is 4.75. The Hall–Kier alpha value is -2.15. The van der Waals surface area contributed by atoms with E-state index in [2.05, 4.69) is 28.5 Å². The molecule has 1 atom stereocenters. The van der Waals surface area contributed by atoms with E-state index >= 15 is 0 Å². The standard InChI is InChI=1S/C13H11N3O3S/c17-10-6-3-1-2-4-7(6)11(18)8(10)5-9-12(19)14-13(20)16-15-9/h1-4,8,13,16,20H,5H2,(H,14,19). The quantitative estimate of drug-likeness (QED) is 0.542. The van der Waals surface area contributed by atoms with Crippen LogP contribution in [0.3, 0.4) is 0 Å². The van der Waals surface area contributed by atoms with Gasteiger partial charge in [0.1, 0.15) is 5.71 Å². The molecule has 1 aromatic carbocycles. The Bertz CT molecular complexity index is 621. The zero-order valence-electron chi connectivity index (χ0n) is 10.3. The lowest BCUT2D eigenvalue weighted by Crippen LogP contribution is -2.48. The molecule has 0 spiro atoms. The van der Waals surface area contributed by atoms with E-state index < -0.39 is 17.3 Å². The highest BCUT2D eigenvalue weighted by molar-refractivity contribution is 7.80. The molecule has 1 heterocycles. The molecule has 1 aromatic rings. The van der Waals surface area contributed by atoms with Gasteiger partial charge in [-0.05, 0) is 0 Å². The number of hydrogen-bond donors (Lipinski definition) is 3. The van der Waals surface area contributed by atoms with Crippen LogP contribution in [-0.4, -0.2) is 28.7 Å². The van der Waals surface area contributed by atoms with Gasteiger partial charge >= 0.3 is 0 Å². The van der Waals surface area contributed by atoms with Crippen molar-refractivity contribution in [1.82, 2.24) is 10.7 Å². The Labute approximate surface area is 120 Å². The molecule has 3 rings (SSSR count). The second-order valence-electron chi connectivity index (χ2n) is 4.59. The molecule has 7 heteroatoms. The summed E-state index contributed by atoms with van der Waals surface area (Å²) in [5.74, 6) is -1.79. The molecule has 0 bridgehead atoms. The molecule has 1 unspecified atom stereocenters. The van der Waals surface area contributed by atoms with E-state index in [0.717, 1.165) is 0 Å². The number of ketones is 2. The van der Waals surface area contributed by atoms with E-state index in [0.29, 0.717) is 11.1 Å². The lowest BCUT2D eigenvalue weighted by atomic mass is 9.96. The molecule has 6 nitrogen and oxygen atoms in total. The number of benzene rings is 1. The maximum Gasteiger partial charge on any atom is 0.269 e. The maximum absolute atomic E-state index is 12.2. The van der Waals surface area contributed by atoms with Crippen molar-refractivity contribution in [3.63, 3.8) is 0 Å². The van der Waals surface area contributed by atoms with Gasteiger partial charge in [-0.1, -0.05) is 24.3 Å². The first-order chi connectivity index (χ1) is 9.58. The van der Waals surface area contributed by atoms with Crippen LogP contribution in [0.5, 0.6) is 0 Å². The maximum atomic E-state index is 12.2. The topological polar surface area (TPSA) is 87.6 Å². The van der Waals surface area contributed by atoms with Gasteiger partial charge in [-0.25, -0.2) is 0 Å². The molecule has 102 valence electrons. The van der Waals surface area contributed by atoms with Gasteiger partial charge in [0, 0.05) is 17.5 Å². The summed E-state index contributed by atoms with van der Waals surface area (Å²) in [5.41, 5.74) is 2.99. The van der Waals surface area contributed by atoms with Gasteiger partial charge in [0.25, 0.3) is 5.91 Å². The van der Waals surface area contributed by atoms with Crippen molar-refractivity contribution in [3.05, 3.63) is 35.4 Å². The monoisotopic (exact) mass is 289 g/mol. The van der Waals surface area contributed by atoms with Crippen molar-refractivity contribution in [2.24, 2.45) is 11.0 Å². The molecule has 0 fully saturated rings. The van der Waals surface area contributed by atoms with Gasteiger partial charge in [-0.2, -0.15) is 5.10 Å². The van der Waals surface area contributed by atoms with E-state index in [9.17, 15) is 14.4 Å². The summed E-state index contributed by atoms with van der Waals surface area (Å²) in [5, 5.41) is 6.38. The van der Waals surface area contributed by atoms with Gasteiger partial charge < -0.3 is 5.32 Å². The number of nitrogens with one attached hydrogen (secondary N) is 2. The fraction of sp³-hybridized carbons (Fsp3) is 0.231. The summed E-state index contributed by atoms with van der Waals surface area (Å²) in [4.78, 5) is 36.1. The number of carbonyl (C=O) groups is 3. The van der Waals surface area contributed by atoms with Crippen molar-refractivity contribution in [1.29, 1.82) is 0 Å². The van der Waals surface area contributed by atoms with Crippen LogP contribution in [-0.2, 0) is 4.79 Å². The lowest BCUT2D eigenvalue weighted by molar-refractivity contribution is -0.115. The molecule has 2 N–H and O–H groups in total. The highest BCUT2D eigenvalue weighted by atomic mass is 32.1. The SMILES string of the molecule is O=C1NC(S)NN=C1CC1C(=O)c2ccccc2C1=O. The highest BCUT2D eigenvalue weighted by Gasteiger charge is 2.40. The number of fused-ring (bicyclic) bond motifs is 1. The molecule has 0 saturated heterocycles. The first-order valence-electron chi connectivity index (χ1n) is 6.06. The third-order valence-corrected chi connectivity index (χ3v) is 3.58. The van der Waals surface area contributed by atoms with Crippen LogP contribution in [0.1, 0.15) is 27.1 Å². The molecule has 20 heavy (non-hydrogen) atoms. The number of hydrazone groups is 1. The number of nitrogens with zero attached hydrogens (tertiary/aromatic N) is 1. The minimum Gasteiger partial charge on any atom is -0.321 e. The van der Waals surface area contributed by atoms with Gasteiger partial charge in [0.2, 0.25) is 0 Å². The molecular weight excluding hydrogens is 278 g/mol. The van der Waals surface area contributed by atoms with Gasteiger partial charge in [0.15, 0.2) is 17.1 Å². The number of rotatable bonds is 2. The predicted molar refractivity (Wildman–Crippen MR) is 74.7 cm³/mol. The van der Waals surface area contributed by atoms with Crippen LogP contribution < -0.4 is 10.7 Å². The van der Waals surface area contributed by atoms with Crippen LogP contribution in [0, 0.1) is 5.92 Å². The van der Waals surface area contributed by atoms with Gasteiger partial charge in [-0.15, -0.1) is 12.6 Å². The van der Waals surface area contributed by atoms with Crippen molar-refractivity contribution >= 4 is 35.8 Å². The third-order valence-electron chi connectivity index (χ3n) is 3.34. The lowest BCUT2D eigenvalue weighted by Gasteiger charge is -2.20. The average molecular weight is 289 g/mol. The van der Waals surface area contributed by atoms with E-state index in [1.165, 1.54) is 0 Å². The van der Waals surface area contributed by atoms with Crippen LogP contribution in [0.15, 0.2) is 29.4 Å². The van der Waals surface area contributed by atoms with E-state index in [1.807, 2.05) is 0 Å². The van der Waals surface area contributed by atoms with E-state index in [1.54, 1.807) is 24.3 Å². The average Bonchev–Trinajstić information content (AvgIpc) is 2.67. The van der Waals surface area contributed by atoms with Gasteiger partial charge in [0.05, 0.1) is 5.92 Å². The molecule has 0 aromatic heterocycles. The van der Waals surface area contributed by atoms with E-state index in [4.69, 9.17) is 0 Å². The second-order valence-corrected chi connectivity index (χ2v) is 5.11. The molecule has 1 aliphatic heterocycles. The smallest absolute Gasteiger partial charge is 0.269 e. The number of Topliss-reactive ketones (excluding diaryl/α,β-unsaturated/α-hetero) is 2. The Balaban J connectivity index is 1.86. The Kier molecular flexibility index (Phi) is 3.06. The number of carbonyl (C=O) groups excluding carboxylic acids is 3. The first-order valence-corrected chi connectivity index (χ1v) is 6.58. The van der Waals surface area contributed by atoms with Crippen molar-refractivity contribution in [2.45, 2.75) is 11.9 Å². The minimum atomic E-state index is -0.866. The molecule has 0 saturated carbocycles. The highest BCUT2D eigenvalue weighted by Crippen LogP contribution is 2.29. The normalized spacial score (nSPS) is 22.1. The fourth-order valence-electron chi connectivity index (χ4n) is 2.35. The summed E-state index contributed by atoms with van der Waals surface area (Å²) in [6.07, 6.45) is -0.00826.